The number of methoxy groups -OCH3 is 2. The van der Waals surface area contributed by atoms with Gasteiger partial charge in [-0.1, -0.05) is 26.0 Å². The van der Waals surface area contributed by atoms with Gasteiger partial charge in [-0.25, -0.2) is 4.99 Å². The second kappa shape index (κ2) is 15.7. The van der Waals surface area contributed by atoms with Crippen molar-refractivity contribution in [1.82, 2.24) is 15.5 Å². The molecule has 0 heterocycles. The minimum Gasteiger partial charge on any atom is -0.493 e. The van der Waals surface area contributed by atoms with Crippen LogP contribution in [0.15, 0.2) is 23.2 Å². The maximum Gasteiger partial charge on any atom is 0.191 e. The van der Waals surface area contributed by atoms with Crippen LogP contribution in [0.25, 0.3) is 0 Å². The highest BCUT2D eigenvalue weighted by Crippen LogP contribution is 2.31. The Labute approximate surface area is 188 Å². The average Bonchev–Trinajstić information content (AvgIpc) is 2.69. The van der Waals surface area contributed by atoms with Crippen LogP contribution < -0.4 is 20.1 Å². The number of benzene rings is 1. The van der Waals surface area contributed by atoms with E-state index in [-0.39, 0.29) is 24.0 Å². The summed E-state index contributed by atoms with van der Waals surface area (Å²) in [5.41, 5.74) is 1.00. The molecular formula is C21H39IN4O2. The van der Waals surface area contributed by atoms with Crippen LogP contribution in [0.4, 0.5) is 0 Å². The summed E-state index contributed by atoms with van der Waals surface area (Å²) in [6, 6.07) is 6.24. The van der Waals surface area contributed by atoms with Gasteiger partial charge in [-0.2, -0.15) is 0 Å². The van der Waals surface area contributed by atoms with Gasteiger partial charge in [0.1, 0.15) is 0 Å². The number of hydrogen-bond donors (Lipinski definition) is 2. The Hall–Kier alpha value is -1.22. The molecule has 0 fully saturated rings. The Morgan fingerprint density at radius 1 is 1.14 bits per heavy atom. The second-order valence-corrected chi connectivity index (χ2v) is 6.56. The summed E-state index contributed by atoms with van der Waals surface area (Å²) < 4.78 is 10.9. The van der Waals surface area contributed by atoms with Crippen molar-refractivity contribution in [2.75, 3.05) is 40.4 Å². The highest BCUT2D eigenvalue weighted by atomic mass is 127. The molecule has 28 heavy (non-hydrogen) atoms. The molecule has 0 saturated carbocycles. The maximum absolute atomic E-state index is 5.50. The van der Waals surface area contributed by atoms with Gasteiger partial charge >= 0.3 is 0 Å². The Morgan fingerprint density at radius 3 is 2.43 bits per heavy atom. The highest BCUT2D eigenvalue weighted by Gasteiger charge is 2.10. The topological polar surface area (TPSA) is 58.1 Å². The number of nitrogens with zero attached hydrogens (tertiary/aromatic N) is 2. The molecule has 0 radical (unpaired) electrons. The molecule has 0 saturated heterocycles. The Morgan fingerprint density at radius 2 is 1.86 bits per heavy atom. The summed E-state index contributed by atoms with van der Waals surface area (Å²) in [5.74, 6) is 2.30. The summed E-state index contributed by atoms with van der Waals surface area (Å²) in [5, 5.41) is 6.84. The lowest BCUT2D eigenvalue weighted by Crippen LogP contribution is -2.42. The van der Waals surface area contributed by atoms with Crippen LogP contribution in [-0.4, -0.2) is 57.3 Å². The van der Waals surface area contributed by atoms with E-state index in [2.05, 4.69) is 43.2 Å². The molecule has 2 N–H and O–H groups in total. The number of para-hydroxylation sites is 1. The zero-order valence-electron chi connectivity index (χ0n) is 18.4. The number of aliphatic imine (C=N–C) groups is 1. The monoisotopic (exact) mass is 506 g/mol. The number of halogens is 1. The fraction of sp³-hybridized carbons (Fsp3) is 0.667. The molecule has 1 unspecified atom stereocenters. The Balaban J connectivity index is 0.00000729. The van der Waals surface area contributed by atoms with Crippen LogP contribution in [0.5, 0.6) is 11.5 Å². The zero-order chi connectivity index (χ0) is 20.1. The van der Waals surface area contributed by atoms with Crippen molar-refractivity contribution in [3.63, 3.8) is 0 Å². The van der Waals surface area contributed by atoms with E-state index in [1.165, 1.54) is 6.42 Å². The quantitative estimate of drug-likeness (QED) is 0.256. The molecular weight excluding hydrogens is 467 g/mol. The second-order valence-electron chi connectivity index (χ2n) is 6.56. The summed E-state index contributed by atoms with van der Waals surface area (Å²) in [6.45, 7) is 13.5. The van der Waals surface area contributed by atoms with E-state index in [4.69, 9.17) is 14.5 Å². The van der Waals surface area contributed by atoms with E-state index in [1.54, 1.807) is 14.2 Å². The number of hydrogen-bond acceptors (Lipinski definition) is 4. The minimum absolute atomic E-state index is 0. The molecule has 1 atom stereocenters. The van der Waals surface area contributed by atoms with Crippen LogP contribution in [0.3, 0.4) is 0 Å². The van der Waals surface area contributed by atoms with Gasteiger partial charge in [0.15, 0.2) is 17.5 Å². The SMILES string of the molecule is CCNC(=NCc1cccc(OC)c1OC)NC(C)CCCN(CC)CC.I. The molecule has 1 rings (SSSR count). The zero-order valence-corrected chi connectivity index (χ0v) is 20.7. The van der Waals surface area contributed by atoms with Gasteiger partial charge in [0.2, 0.25) is 0 Å². The number of rotatable bonds is 12. The van der Waals surface area contributed by atoms with Gasteiger partial charge in [0.25, 0.3) is 0 Å². The van der Waals surface area contributed by atoms with Crippen molar-refractivity contribution in [1.29, 1.82) is 0 Å². The largest absolute Gasteiger partial charge is 0.493 e. The molecule has 1 aromatic carbocycles. The van der Waals surface area contributed by atoms with Gasteiger partial charge < -0.3 is 25.0 Å². The van der Waals surface area contributed by atoms with E-state index in [1.807, 2.05) is 18.2 Å². The van der Waals surface area contributed by atoms with E-state index in [0.717, 1.165) is 55.6 Å². The van der Waals surface area contributed by atoms with Gasteiger partial charge in [-0.05, 0) is 52.4 Å². The van der Waals surface area contributed by atoms with Crippen LogP contribution in [-0.2, 0) is 6.54 Å². The summed E-state index contributed by atoms with van der Waals surface area (Å²) in [4.78, 5) is 7.19. The van der Waals surface area contributed by atoms with Gasteiger partial charge in [-0.15, -0.1) is 24.0 Å². The van der Waals surface area contributed by atoms with Crippen LogP contribution >= 0.6 is 24.0 Å². The van der Waals surface area contributed by atoms with Crippen LogP contribution in [0.2, 0.25) is 0 Å². The molecule has 0 aliphatic rings. The lowest BCUT2D eigenvalue weighted by Gasteiger charge is -2.21. The molecule has 0 spiro atoms. The first-order chi connectivity index (χ1) is 13.1. The molecule has 0 aliphatic carbocycles. The molecule has 1 aromatic rings. The highest BCUT2D eigenvalue weighted by molar-refractivity contribution is 14.0. The minimum atomic E-state index is 0. The van der Waals surface area contributed by atoms with Crippen LogP contribution in [0.1, 0.15) is 46.1 Å². The van der Waals surface area contributed by atoms with Crippen molar-refractivity contribution >= 4 is 29.9 Å². The van der Waals surface area contributed by atoms with Gasteiger partial charge in [0.05, 0.1) is 20.8 Å². The van der Waals surface area contributed by atoms with Crippen molar-refractivity contribution in [3.8, 4) is 11.5 Å². The van der Waals surface area contributed by atoms with Gasteiger partial charge in [0, 0.05) is 18.2 Å². The molecule has 0 aliphatic heterocycles. The van der Waals surface area contributed by atoms with E-state index in [9.17, 15) is 0 Å². The predicted molar refractivity (Wildman–Crippen MR) is 129 cm³/mol. The fourth-order valence-electron chi connectivity index (χ4n) is 3.03. The van der Waals surface area contributed by atoms with E-state index >= 15 is 0 Å². The fourth-order valence-corrected chi connectivity index (χ4v) is 3.03. The lowest BCUT2D eigenvalue weighted by atomic mass is 10.1. The Kier molecular flexibility index (Phi) is 15.0. The average molecular weight is 506 g/mol. The van der Waals surface area contributed by atoms with Crippen LogP contribution in [0, 0.1) is 0 Å². The first-order valence-electron chi connectivity index (χ1n) is 10.1. The molecule has 0 bridgehead atoms. The first-order valence-corrected chi connectivity index (χ1v) is 10.1. The Bertz CT molecular complexity index is 565. The maximum atomic E-state index is 5.50. The molecule has 7 heteroatoms. The molecule has 6 nitrogen and oxygen atoms in total. The van der Waals surface area contributed by atoms with Crippen molar-refractivity contribution in [2.45, 2.75) is 53.1 Å². The number of guanidine groups is 1. The van der Waals surface area contributed by atoms with Crippen molar-refractivity contribution in [3.05, 3.63) is 23.8 Å². The number of ether oxygens (including phenoxy) is 2. The van der Waals surface area contributed by atoms with Gasteiger partial charge in [-0.3, -0.25) is 0 Å². The third kappa shape index (κ3) is 9.32. The normalized spacial score (nSPS) is 12.3. The van der Waals surface area contributed by atoms with Crippen molar-refractivity contribution < 1.29 is 9.47 Å². The molecule has 162 valence electrons. The standard InChI is InChI=1S/C21H38N4O2.HI/c1-7-22-21(24-17(4)12-11-15-25(8-2)9-3)23-16-18-13-10-14-19(26-5)20(18)27-6;/h10,13-14,17H,7-9,11-12,15-16H2,1-6H3,(H2,22,23,24);1H. The number of nitrogens with one attached hydrogen (secondary N) is 2. The third-order valence-electron chi connectivity index (χ3n) is 4.63. The van der Waals surface area contributed by atoms with E-state index in [0.29, 0.717) is 12.6 Å². The summed E-state index contributed by atoms with van der Waals surface area (Å²) >= 11 is 0. The third-order valence-corrected chi connectivity index (χ3v) is 4.63. The molecule has 0 aromatic heterocycles. The first kappa shape index (κ1) is 26.8. The van der Waals surface area contributed by atoms with E-state index < -0.39 is 0 Å². The molecule has 0 amide bonds. The lowest BCUT2D eigenvalue weighted by molar-refractivity contribution is 0.292. The summed E-state index contributed by atoms with van der Waals surface area (Å²) in [7, 11) is 3.31. The smallest absolute Gasteiger partial charge is 0.191 e. The van der Waals surface area contributed by atoms with Crippen molar-refractivity contribution in [2.24, 2.45) is 4.99 Å². The summed E-state index contributed by atoms with van der Waals surface area (Å²) in [6.07, 6.45) is 2.29. The predicted octanol–water partition coefficient (Wildman–Crippen LogP) is 3.89.